The van der Waals surface area contributed by atoms with Crippen molar-refractivity contribution in [2.24, 2.45) is 5.16 Å². The largest absolute Gasteiger partial charge is 0.454 e. The van der Waals surface area contributed by atoms with Crippen LogP contribution in [0.1, 0.15) is 24.0 Å². The van der Waals surface area contributed by atoms with Crippen molar-refractivity contribution in [1.82, 2.24) is 4.31 Å². The van der Waals surface area contributed by atoms with Crippen LogP contribution in [0.4, 0.5) is 0 Å². The number of hydrogen-bond acceptors (Lipinski definition) is 7. The standard InChI is InChI=1S/C20H19N3O5S/c21-12-15-2-1-3-16(10-15)13-28-22-17-6-8-23(9-7-17)29(24,25)18-4-5-19-20(11-18)27-14-26-19/h1-5,10-11H,6-9,13-14H2. The molecule has 0 spiro atoms. The molecule has 0 atom stereocenters. The van der Waals surface area contributed by atoms with Crippen molar-refractivity contribution in [3.8, 4) is 17.6 Å². The van der Waals surface area contributed by atoms with E-state index in [2.05, 4.69) is 11.2 Å². The number of fused-ring (bicyclic) bond motifs is 1. The molecule has 29 heavy (non-hydrogen) atoms. The molecule has 0 aliphatic carbocycles. The fourth-order valence-electron chi connectivity index (χ4n) is 3.19. The van der Waals surface area contributed by atoms with Gasteiger partial charge in [0, 0.05) is 32.0 Å². The maximum atomic E-state index is 12.9. The highest BCUT2D eigenvalue weighted by Crippen LogP contribution is 2.35. The van der Waals surface area contributed by atoms with Crippen LogP contribution >= 0.6 is 0 Å². The molecule has 0 amide bonds. The topological polar surface area (TPSA) is 101 Å². The van der Waals surface area contributed by atoms with Gasteiger partial charge in [0.1, 0.15) is 6.61 Å². The lowest BCUT2D eigenvalue weighted by atomic mass is 10.1. The average Bonchev–Trinajstić information content (AvgIpc) is 3.22. The molecule has 0 saturated carbocycles. The lowest BCUT2D eigenvalue weighted by molar-refractivity contribution is 0.128. The Hall–Kier alpha value is -3.09. The third-order valence-electron chi connectivity index (χ3n) is 4.76. The smallest absolute Gasteiger partial charge is 0.243 e. The predicted molar refractivity (Wildman–Crippen MR) is 104 cm³/mol. The third-order valence-corrected chi connectivity index (χ3v) is 6.66. The Morgan fingerprint density at radius 2 is 1.90 bits per heavy atom. The first-order valence-corrected chi connectivity index (χ1v) is 10.6. The second-order valence-electron chi connectivity index (χ2n) is 6.66. The van der Waals surface area contributed by atoms with Gasteiger partial charge in [-0.15, -0.1) is 0 Å². The maximum Gasteiger partial charge on any atom is 0.243 e. The van der Waals surface area contributed by atoms with Crippen molar-refractivity contribution < 1.29 is 22.7 Å². The Morgan fingerprint density at radius 1 is 1.10 bits per heavy atom. The Morgan fingerprint density at radius 3 is 2.69 bits per heavy atom. The van der Waals surface area contributed by atoms with Crippen LogP contribution in [-0.2, 0) is 21.5 Å². The fourth-order valence-corrected chi connectivity index (χ4v) is 4.65. The summed E-state index contributed by atoms with van der Waals surface area (Å²) >= 11 is 0. The van der Waals surface area contributed by atoms with E-state index in [0.717, 1.165) is 11.3 Å². The van der Waals surface area contributed by atoms with Crippen molar-refractivity contribution >= 4 is 15.7 Å². The van der Waals surface area contributed by atoms with Gasteiger partial charge in [0.15, 0.2) is 11.5 Å². The number of benzene rings is 2. The highest BCUT2D eigenvalue weighted by Gasteiger charge is 2.29. The molecule has 150 valence electrons. The SMILES string of the molecule is N#Cc1cccc(CON=C2CCN(S(=O)(=O)c3ccc4c(c3)OCO4)CC2)c1. The quantitative estimate of drug-likeness (QED) is 0.699. The Bertz CT molecular complexity index is 1080. The molecule has 2 aromatic rings. The molecule has 0 unspecified atom stereocenters. The molecule has 2 aromatic carbocycles. The van der Waals surface area contributed by atoms with Crippen molar-refractivity contribution in [3.63, 3.8) is 0 Å². The molecule has 0 aromatic heterocycles. The second-order valence-corrected chi connectivity index (χ2v) is 8.60. The Labute approximate surface area is 168 Å². The first-order chi connectivity index (χ1) is 14.1. The van der Waals surface area contributed by atoms with E-state index in [0.29, 0.717) is 43.0 Å². The molecule has 1 saturated heterocycles. The summed E-state index contributed by atoms with van der Waals surface area (Å²) in [6, 6.07) is 13.9. The summed E-state index contributed by atoms with van der Waals surface area (Å²) in [5.74, 6) is 0.994. The predicted octanol–water partition coefficient (Wildman–Crippen LogP) is 2.64. The number of piperidine rings is 1. The van der Waals surface area contributed by atoms with Crippen molar-refractivity contribution in [2.75, 3.05) is 19.9 Å². The van der Waals surface area contributed by atoms with Crippen LogP contribution in [0.3, 0.4) is 0 Å². The van der Waals surface area contributed by atoms with Crippen LogP contribution in [0, 0.1) is 11.3 Å². The first-order valence-electron chi connectivity index (χ1n) is 9.13. The summed E-state index contributed by atoms with van der Waals surface area (Å²) in [5.41, 5.74) is 2.25. The molecule has 2 aliphatic heterocycles. The van der Waals surface area contributed by atoms with Crippen molar-refractivity contribution in [1.29, 1.82) is 5.26 Å². The second kappa shape index (κ2) is 8.11. The molecule has 2 aliphatic rings. The lowest BCUT2D eigenvalue weighted by Gasteiger charge is -2.26. The van der Waals surface area contributed by atoms with Crippen molar-refractivity contribution in [3.05, 3.63) is 53.6 Å². The van der Waals surface area contributed by atoms with Crippen LogP contribution in [0.15, 0.2) is 52.5 Å². The molecule has 1 fully saturated rings. The zero-order chi connectivity index (χ0) is 20.3. The Kier molecular flexibility index (Phi) is 5.38. The fraction of sp³-hybridized carbons (Fsp3) is 0.300. The highest BCUT2D eigenvalue weighted by atomic mass is 32.2. The van der Waals surface area contributed by atoms with Gasteiger partial charge in [0.05, 0.1) is 22.2 Å². The summed E-state index contributed by atoms with van der Waals surface area (Å²) in [5, 5.41) is 13.1. The number of hydrogen-bond donors (Lipinski definition) is 0. The minimum absolute atomic E-state index is 0.100. The number of ether oxygens (including phenoxy) is 2. The molecular formula is C20H19N3O5S. The zero-order valence-electron chi connectivity index (χ0n) is 15.6. The van der Waals surface area contributed by atoms with Gasteiger partial charge in [-0.2, -0.15) is 9.57 Å². The van der Waals surface area contributed by atoms with Gasteiger partial charge in [-0.3, -0.25) is 0 Å². The summed E-state index contributed by atoms with van der Waals surface area (Å²) in [6.07, 6.45) is 1.00. The molecule has 0 radical (unpaired) electrons. The van der Waals surface area contributed by atoms with E-state index in [-0.39, 0.29) is 18.3 Å². The van der Waals surface area contributed by atoms with E-state index in [1.807, 2.05) is 6.07 Å². The molecule has 4 rings (SSSR count). The Balaban J connectivity index is 1.35. The number of nitrogens with zero attached hydrogens (tertiary/aromatic N) is 3. The summed E-state index contributed by atoms with van der Waals surface area (Å²) in [7, 11) is -3.61. The summed E-state index contributed by atoms with van der Waals surface area (Å²) in [6.45, 7) is 1.03. The van der Waals surface area contributed by atoms with Gasteiger partial charge in [-0.1, -0.05) is 17.3 Å². The average molecular weight is 413 g/mol. The van der Waals surface area contributed by atoms with Crippen LogP contribution in [0.2, 0.25) is 0 Å². The number of sulfonamides is 1. The van der Waals surface area contributed by atoms with Crippen LogP contribution in [0.5, 0.6) is 11.5 Å². The van der Waals surface area contributed by atoms with Gasteiger partial charge in [-0.25, -0.2) is 8.42 Å². The van der Waals surface area contributed by atoms with E-state index in [1.165, 1.54) is 16.4 Å². The summed E-state index contributed by atoms with van der Waals surface area (Å²) < 4.78 is 37.7. The summed E-state index contributed by atoms with van der Waals surface area (Å²) in [4.78, 5) is 5.59. The number of oxime groups is 1. The molecule has 8 nitrogen and oxygen atoms in total. The van der Waals surface area contributed by atoms with E-state index in [9.17, 15) is 8.42 Å². The van der Waals surface area contributed by atoms with E-state index < -0.39 is 10.0 Å². The molecule has 9 heteroatoms. The molecule has 0 bridgehead atoms. The van der Waals surface area contributed by atoms with E-state index in [1.54, 1.807) is 24.3 Å². The maximum absolute atomic E-state index is 12.9. The van der Waals surface area contributed by atoms with Crippen LogP contribution in [0.25, 0.3) is 0 Å². The van der Waals surface area contributed by atoms with Crippen molar-refractivity contribution in [2.45, 2.75) is 24.3 Å². The molecular weight excluding hydrogens is 394 g/mol. The monoisotopic (exact) mass is 413 g/mol. The number of rotatable bonds is 5. The third kappa shape index (κ3) is 4.18. The van der Waals surface area contributed by atoms with Crippen LogP contribution in [-0.4, -0.2) is 38.3 Å². The van der Waals surface area contributed by atoms with Gasteiger partial charge in [0.25, 0.3) is 0 Å². The van der Waals surface area contributed by atoms with Gasteiger partial charge < -0.3 is 14.3 Å². The zero-order valence-corrected chi connectivity index (χ0v) is 16.4. The molecule has 0 N–H and O–H groups in total. The molecule has 2 heterocycles. The highest BCUT2D eigenvalue weighted by molar-refractivity contribution is 7.89. The van der Waals surface area contributed by atoms with Gasteiger partial charge in [0.2, 0.25) is 16.8 Å². The normalized spacial score (nSPS) is 16.3. The number of nitriles is 1. The van der Waals surface area contributed by atoms with Gasteiger partial charge >= 0.3 is 0 Å². The lowest BCUT2D eigenvalue weighted by Crippen LogP contribution is -2.38. The minimum atomic E-state index is -3.61. The van der Waals surface area contributed by atoms with E-state index >= 15 is 0 Å². The van der Waals surface area contributed by atoms with Crippen LogP contribution < -0.4 is 9.47 Å². The first kappa shape index (κ1) is 19.2. The van der Waals surface area contributed by atoms with Gasteiger partial charge in [-0.05, 0) is 29.8 Å². The van der Waals surface area contributed by atoms with E-state index in [4.69, 9.17) is 19.6 Å². The minimum Gasteiger partial charge on any atom is -0.454 e.